The van der Waals surface area contributed by atoms with Crippen LogP contribution in [0.2, 0.25) is 0 Å². The zero-order valence-corrected chi connectivity index (χ0v) is 13.4. The van der Waals surface area contributed by atoms with Crippen molar-refractivity contribution in [1.29, 1.82) is 0 Å². The third-order valence-electron chi connectivity index (χ3n) is 3.81. The molecule has 2 rings (SSSR count). The van der Waals surface area contributed by atoms with Gasteiger partial charge in [-0.05, 0) is 30.8 Å². The topological polar surface area (TPSA) is 23.6 Å². The van der Waals surface area contributed by atoms with E-state index in [4.69, 9.17) is 0 Å². The Bertz CT molecular complexity index is 565. The Kier molecular flexibility index (Phi) is 6.16. The molecule has 3 nitrogen and oxygen atoms in total. The molecule has 0 heterocycles. The molecule has 3 heteroatoms. The van der Waals surface area contributed by atoms with Crippen molar-refractivity contribution in [3.63, 3.8) is 0 Å². The molecular weight excluding hydrogens is 272 g/mol. The molecule has 0 saturated heterocycles. The minimum atomic E-state index is 0.138. The summed E-state index contributed by atoms with van der Waals surface area (Å²) < 4.78 is 0. The van der Waals surface area contributed by atoms with Gasteiger partial charge in [-0.15, -0.1) is 0 Å². The van der Waals surface area contributed by atoms with Crippen LogP contribution in [0.15, 0.2) is 60.7 Å². The van der Waals surface area contributed by atoms with Gasteiger partial charge in [0, 0.05) is 5.69 Å². The van der Waals surface area contributed by atoms with Gasteiger partial charge in [0.05, 0.1) is 13.1 Å². The van der Waals surface area contributed by atoms with Gasteiger partial charge in [0.25, 0.3) is 0 Å². The minimum Gasteiger partial charge on any atom is -0.307 e. The van der Waals surface area contributed by atoms with Gasteiger partial charge in [-0.25, -0.2) is 0 Å². The Morgan fingerprint density at radius 1 is 0.864 bits per heavy atom. The van der Waals surface area contributed by atoms with Gasteiger partial charge in [0.1, 0.15) is 0 Å². The van der Waals surface area contributed by atoms with E-state index in [-0.39, 0.29) is 5.91 Å². The molecule has 0 radical (unpaired) electrons. The third kappa shape index (κ3) is 4.43. The molecule has 22 heavy (non-hydrogen) atoms. The Hall–Kier alpha value is -2.13. The fourth-order valence-electron chi connectivity index (χ4n) is 2.42. The maximum absolute atomic E-state index is 12.8. The van der Waals surface area contributed by atoms with Crippen LogP contribution in [0.4, 0.5) is 5.69 Å². The number of hydrogen-bond donors (Lipinski definition) is 0. The van der Waals surface area contributed by atoms with E-state index < -0.39 is 0 Å². The smallest absolute Gasteiger partial charge is 0.241 e. The monoisotopic (exact) mass is 296 g/mol. The van der Waals surface area contributed by atoms with Crippen LogP contribution in [0, 0.1) is 0 Å². The van der Waals surface area contributed by atoms with E-state index in [9.17, 15) is 4.79 Å². The van der Waals surface area contributed by atoms with Gasteiger partial charge in [0.15, 0.2) is 0 Å². The van der Waals surface area contributed by atoms with Crippen LogP contribution in [0.3, 0.4) is 0 Å². The van der Waals surface area contributed by atoms with E-state index in [0.717, 1.165) is 24.3 Å². The summed E-state index contributed by atoms with van der Waals surface area (Å²) in [4.78, 5) is 16.8. The number of benzene rings is 2. The molecule has 0 unspecified atom stereocenters. The lowest BCUT2D eigenvalue weighted by Crippen LogP contribution is -2.40. The van der Waals surface area contributed by atoms with Crippen molar-refractivity contribution in [2.24, 2.45) is 0 Å². The maximum Gasteiger partial charge on any atom is 0.241 e. The number of carbonyl (C=O) groups excluding carboxylic acids is 1. The summed E-state index contributed by atoms with van der Waals surface area (Å²) in [5.74, 6) is 0.138. The van der Waals surface area contributed by atoms with Crippen molar-refractivity contribution in [3.8, 4) is 0 Å². The normalized spacial score (nSPS) is 10.7. The number of nitrogens with zero attached hydrogens (tertiary/aromatic N) is 2. The first-order valence-electron chi connectivity index (χ1n) is 7.86. The summed E-state index contributed by atoms with van der Waals surface area (Å²) in [7, 11) is 0. The highest BCUT2D eigenvalue weighted by Gasteiger charge is 2.18. The lowest BCUT2D eigenvalue weighted by molar-refractivity contribution is -0.119. The number of anilines is 1. The predicted molar refractivity (Wildman–Crippen MR) is 91.9 cm³/mol. The third-order valence-corrected chi connectivity index (χ3v) is 3.81. The van der Waals surface area contributed by atoms with Crippen LogP contribution in [-0.4, -0.2) is 30.4 Å². The second kappa shape index (κ2) is 8.35. The van der Waals surface area contributed by atoms with E-state index >= 15 is 0 Å². The summed E-state index contributed by atoms with van der Waals surface area (Å²) in [6.45, 7) is 6.99. The van der Waals surface area contributed by atoms with Crippen LogP contribution in [0.25, 0.3) is 0 Å². The van der Waals surface area contributed by atoms with Gasteiger partial charge in [-0.1, -0.05) is 62.4 Å². The van der Waals surface area contributed by atoms with Gasteiger partial charge >= 0.3 is 0 Å². The first kappa shape index (κ1) is 16.2. The van der Waals surface area contributed by atoms with Gasteiger partial charge in [-0.2, -0.15) is 0 Å². The van der Waals surface area contributed by atoms with E-state index in [1.807, 2.05) is 53.4 Å². The highest BCUT2D eigenvalue weighted by atomic mass is 16.2. The maximum atomic E-state index is 12.8. The molecule has 2 aromatic rings. The fourth-order valence-corrected chi connectivity index (χ4v) is 2.42. The number of hydrogen-bond acceptors (Lipinski definition) is 2. The first-order valence-corrected chi connectivity index (χ1v) is 7.86. The highest BCUT2D eigenvalue weighted by molar-refractivity contribution is 5.94. The van der Waals surface area contributed by atoms with Crippen LogP contribution in [-0.2, 0) is 11.3 Å². The molecule has 0 atom stereocenters. The predicted octanol–water partition coefficient (Wildman–Crippen LogP) is 3.56. The van der Waals surface area contributed by atoms with Crippen molar-refractivity contribution >= 4 is 11.6 Å². The molecule has 0 saturated carbocycles. The van der Waals surface area contributed by atoms with Crippen molar-refractivity contribution in [2.75, 3.05) is 24.5 Å². The standard InChI is InChI=1S/C19H24N2O/c1-3-20(4-2)16-19(22)21(18-13-9-6-10-14-18)15-17-11-7-5-8-12-17/h5-14H,3-4,15-16H2,1-2H3. The molecule has 0 aliphatic carbocycles. The largest absolute Gasteiger partial charge is 0.307 e. The molecule has 2 aromatic carbocycles. The molecule has 116 valence electrons. The van der Waals surface area contributed by atoms with Crippen LogP contribution >= 0.6 is 0 Å². The molecule has 1 amide bonds. The Labute approximate surface area is 133 Å². The van der Waals surface area contributed by atoms with E-state index in [1.165, 1.54) is 0 Å². The summed E-state index contributed by atoms with van der Waals surface area (Å²) in [5.41, 5.74) is 2.09. The summed E-state index contributed by atoms with van der Waals surface area (Å²) >= 11 is 0. The van der Waals surface area contributed by atoms with Crippen molar-refractivity contribution in [3.05, 3.63) is 66.2 Å². The van der Waals surface area contributed by atoms with Crippen molar-refractivity contribution in [1.82, 2.24) is 4.90 Å². The molecule has 0 spiro atoms. The average molecular weight is 296 g/mol. The molecule has 0 aliphatic heterocycles. The molecule has 0 aromatic heterocycles. The second-order valence-corrected chi connectivity index (χ2v) is 5.26. The van der Waals surface area contributed by atoms with Gasteiger partial charge in [0.2, 0.25) is 5.91 Å². The van der Waals surface area contributed by atoms with E-state index in [0.29, 0.717) is 13.1 Å². The number of likely N-dealkylation sites (N-methyl/N-ethyl adjacent to an activating group) is 1. The van der Waals surface area contributed by atoms with Crippen molar-refractivity contribution in [2.45, 2.75) is 20.4 Å². The Morgan fingerprint density at radius 3 is 1.95 bits per heavy atom. The van der Waals surface area contributed by atoms with E-state index in [2.05, 4.69) is 30.9 Å². The first-order chi connectivity index (χ1) is 10.7. The quantitative estimate of drug-likeness (QED) is 0.780. The lowest BCUT2D eigenvalue weighted by Gasteiger charge is -2.26. The highest BCUT2D eigenvalue weighted by Crippen LogP contribution is 2.17. The summed E-state index contributed by atoms with van der Waals surface area (Å²) in [5, 5.41) is 0. The summed E-state index contributed by atoms with van der Waals surface area (Å²) in [6.07, 6.45) is 0. The SMILES string of the molecule is CCN(CC)CC(=O)N(Cc1ccccc1)c1ccccc1. The zero-order valence-electron chi connectivity index (χ0n) is 13.4. The Balaban J connectivity index is 2.20. The molecule has 0 aliphatic rings. The molecular formula is C19H24N2O. The van der Waals surface area contributed by atoms with E-state index in [1.54, 1.807) is 0 Å². The number of carbonyl (C=O) groups is 1. The number of para-hydroxylation sites is 1. The molecule has 0 N–H and O–H groups in total. The molecule has 0 fully saturated rings. The molecule has 0 bridgehead atoms. The average Bonchev–Trinajstić information content (AvgIpc) is 2.59. The minimum absolute atomic E-state index is 0.138. The summed E-state index contributed by atoms with van der Waals surface area (Å²) in [6, 6.07) is 20.0. The van der Waals surface area contributed by atoms with Gasteiger partial charge in [-0.3, -0.25) is 9.69 Å². The lowest BCUT2D eigenvalue weighted by atomic mass is 10.2. The fraction of sp³-hybridized carbons (Fsp3) is 0.316. The van der Waals surface area contributed by atoms with Crippen molar-refractivity contribution < 1.29 is 4.79 Å². The second-order valence-electron chi connectivity index (χ2n) is 5.26. The van der Waals surface area contributed by atoms with Crippen LogP contribution in [0.1, 0.15) is 19.4 Å². The van der Waals surface area contributed by atoms with Crippen LogP contribution in [0.5, 0.6) is 0 Å². The van der Waals surface area contributed by atoms with Gasteiger partial charge < -0.3 is 4.90 Å². The number of amides is 1. The van der Waals surface area contributed by atoms with Crippen LogP contribution < -0.4 is 4.90 Å². The Morgan fingerprint density at radius 2 is 1.41 bits per heavy atom. The number of rotatable bonds is 7. The zero-order chi connectivity index (χ0) is 15.8.